The predicted octanol–water partition coefficient (Wildman–Crippen LogP) is 2.39. The normalized spacial score (nSPS) is 22.4. The first kappa shape index (κ1) is 14.2. The molecule has 1 saturated heterocycles. The van der Waals surface area contributed by atoms with Crippen LogP contribution in [0.25, 0.3) is 0 Å². The molecule has 2 unspecified atom stereocenters. The minimum Gasteiger partial charge on any atom is -0.496 e. The molecule has 1 aromatic carbocycles. The molecule has 5 heteroatoms. The van der Waals surface area contributed by atoms with Crippen LogP contribution in [0.2, 0.25) is 0 Å². The summed E-state index contributed by atoms with van der Waals surface area (Å²) >= 11 is 1.88. The molecule has 104 valence electrons. The maximum absolute atomic E-state index is 7.50. The van der Waals surface area contributed by atoms with Gasteiger partial charge < -0.3 is 15.2 Å². The Labute approximate surface area is 118 Å². The molecule has 1 aliphatic heterocycles. The lowest BCUT2D eigenvalue weighted by atomic mass is 10.1. The number of hydrogen-bond donors (Lipinski definition) is 2. The van der Waals surface area contributed by atoms with Crippen molar-refractivity contribution >= 4 is 17.6 Å². The number of ether oxygens (including phenoxy) is 2. The van der Waals surface area contributed by atoms with Crippen molar-refractivity contribution in [1.29, 1.82) is 5.41 Å². The Morgan fingerprint density at radius 3 is 2.95 bits per heavy atom. The van der Waals surface area contributed by atoms with Crippen LogP contribution in [0.4, 0.5) is 0 Å². The van der Waals surface area contributed by atoms with Gasteiger partial charge in [0.25, 0.3) is 0 Å². The number of amidine groups is 1. The third kappa shape index (κ3) is 3.42. The van der Waals surface area contributed by atoms with Gasteiger partial charge in [-0.2, -0.15) is 11.8 Å². The quantitative estimate of drug-likeness (QED) is 0.642. The zero-order valence-electron chi connectivity index (χ0n) is 11.3. The van der Waals surface area contributed by atoms with Crippen molar-refractivity contribution in [1.82, 2.24) is 0 Å². The van der Waals surface area contributed by atoms with Crippen LogP contribution >= 0.6 is 11.8 Å². The summed E-state index contributed by atoms with van der Waals surface area (Å²) in [6, 6.07) is 5.63. The van der Waals surface area contributed by atoms with Crippen molar-refractivity contribution in [3.8, 4) is 5.75 Å². The van der Waals surface area contributed by atoms with Gasteiger partial charge in [-0.25, -0.2) is 0 Å². The molecule has 19 heavy (non-hydrogen) atoms. The SMILES string of the molecule is COc1ccc(C(=N)N)cc1CSC1CCOC1C. The van der Waals surface area contributed by atoms with Gasteiger partial charge >= 0.3 is 0 Å². The Hall–Kier alpha value is -1.20. The van der Waals surface area contributed by atoms with Crippen molar-refractivity contribution in [3.63, 3.8) is 0 Å². The lowest BCUT2D eigenvalue weighted by molar-refractivity contribution is 0.127. The molecule has 1 aromatic rings. The third-order valence-corrected chi connectivity index (χ3v) is 4.88. The van der Waals surface area contributed by atoms with Crippen molar-refractivity contribution in [2.45, 2.75) is 30.5 Å². The van der Waals surface area contributed by atoms with E-state index in [-0.39, 0.29) is 5.84 Å². The zero-order valence-corrected chi connectivity index (χ0v) is 12.1. The number of thioether (sulfide) groups is 1. The van der Waals surface area contributed by atoms with E-state index in [4.69, 9.17) is 20.6 Å². The smallest absolute Gasteiger partial charge is 0.122 e. The molecule has 1 aliphatic rings. The molecular weight excluding hydrogens is 260 g/mol. The van der Waals surface area contributed by atoms with Gasteiger partial charge in [0.1, 0.15) is 11.6 Å². The number of nitrogen functional groups attached to an aromatic ring is 1. The van der Waals surface area contributed by atoms with Gasteiger partial charge in [-0.05, 0) is 31.5 Å². The number of benzene rings is 1. The number of nitrogens with two attached hydrogens (primary N) is 1. The molecular formula is C14H20N2O2S. The molecule has 0 spiro atoms. The van der Waals surface area contributed by atoms with E-state index in [2.05, 4.69) is 6.92 Å². The van der Waals surface area contributed by atoms with Crippen LogP contribution in [-0.4, -0.2) is 30.9 Å². The fourth-order valence-electron chi connectivity index (χ4n) is 2.19. The minimum atomic E-state index is 0.0893. The van der Waals surface area contributed by atoms with Crippen molar-refractivity contribution < 1.29 is 9.47 Å². The summed E-state index contributed by atoms with van der Waals surface area (Å²) < 4.78 is 10.9. The van der Waals surface area contributed by atoms with Crippen LogP contribution in [0.15, 0.2) is 18.2 Å². The van der Waals surface area contributed by atoms with E-state index in [1.165, 1.54) is 0 Å². The number of methoxy groups -OCH3 is 1. The second kappa shape index (κ2) is 6.30. The Morgan fingerprint density at radius 2 is 2.37 bits per heavy atom. The molecule has 0 amide bonds. The Balaban J connectivity index is 2.09. The fourth-order valence-corrected chi connectivity index (χ4v) is 3.42. The van der Waals surface area contributed by atoms with E-state index in [0.717, 1.165) is 35.7 Å². The first-order valence-corrected chi connectivity index (χ1v) is 7.41. The van der Waals surface area contributed by atoms with E-state index < -0.39 is 0 Å². The number of rotatable bonds is 5. The van der Waals surface area contributed by atoms with Gasteiger partial charge in [-0.3, -0.25) is 5.41 Å². The Bertz CT molecular complexity index is 465. The maximum atomic E-state index is 7.50. The summed E-state index contributed by atoms with van der Waals surface area (Å²) in [5.41, 5.74) is 7.36. The average molecular weight is 280 g/mol. The molecule has 3 N–H and O–H groups in total. The molecule has 0 radical (unpaired) electrons. The van der Waals surface area contributed by atoms with E-state index in [1.54, 1.807) is 7.11 Å². The van der Waals surface area contributed by atoms with E-state index in [9.17, 15) is 0 Å². The number of hydrogen-bond acceptors (Lipinski definition) is 4. The van der Waals surface area contributed by atoms with E-state index in [1.807, 2.05) is 30.0 Å². The van der Waals surface area contributed by atoms with Crippen LogP contribution in [-0.2, 0) is 10.5 Å². The predicted molar refractivity (Wildman–Crippen MR) is 79.1 cm³/mol. The van der Waals surface area contributed by atoms with Crippen LogP contribution in [0.5, 0.6) is 5.75 Å². The average Bonchev–Trinajstić information content (AvgIpc) is 2.81. The highest BCUT2D eigenvalue weighted by Crippen LogP contribution is 2.32. The number of nitrogens with one attached hydrogen (secondary N) is 1. The summed E-state index contributed by atoms with van der Waals surface area (Å²) in [6.45, 7) is 2.97. The van der Waals surface area contributed by atoms with Crippen LogP contribution in [0.1, 0.15) is 24.5 Å². The highest BCUT2D eigenvalue weighted by atomic mass is 32.2. The second-order valence-electron chi connectivity index (χ2n) is 4.65. The minimum absolute atomic E-state index is 0.0893. The highest BCUT2D eigenvalue weighted by molar-refractivity contribution is 7.99. The lowest BCUT2D eigenvalue weighted by Gasteiger charge is -2.15. The lowest BCUT2D eigenvalue weighted by Crippen LogP contribution is -2.14. The summed E-state index contributed by atoms with van der Waals surface area (Å²) in [4.78, 5) is 0. The summed E-state index contributed by atoms with van der Waals surface area (Å²) in [7, 11) is 1.66. The maximum Gasteiger partial charge on any atom is 0.122 e. The fraction of sp³-hybridized carbons (Fsp3) is 0.500. The van der Waals surface area contributed by atoms with Gasteiger partial charge in [0.05, 0.1) is 13.2 Å². The third-order valence-electron chi connectivity index (χ3n) is 3.35. The summed E-state index contributed by atoms with van der Waals surface area (Å²) in [6.07, 6.45) is 1.41. The van der Waals surface area contributed by atoms with Crippen molar-refractivity contribution in [2.24, 2.45) is 5.73 Å². The molecule has 0 bridgehead atoms. The first-order chi connectivity index (χ1) is 9.11. The molecule has 1 fully saturated rings. The topological polar surface area (TPSA) is 68.3 Å². The second-order valence-corrected chi connectivity index (χ2v) is 5.88. The molecule has 4 nitrogen and oxygen atoms in total. The molecule has 0 saturated carbocycles. The van der Waals surface area contributed by atoms with Crippen molar-refractivity contribution in [3.05, 3.63) is 29.3 Å². The van der Waals surface area contributed by atoms with E-state index >= 15 is 0 Å². The summed E-state index contributed by atoms with van der Waals surface area (Å²) in [5, 5.41) is 8.03. The standard InChI is InChI=1S/C14H20N2O2S/c1-9-13(5-6-18-9)19-8-11-7-10(14(15)16)3-4-12(11)17-2/h3-4,7,9,13H,5-6,8H2,1-2H3,(H3,15,16). The monoisotopic (exact) mass is 280 g/mol. The molecule has 2 rings (SSSR count). The first-order valence-electron chi connectivity index (χ1n) is 6.36. The van der Waals surface area contributed by atoms with Gasteiger partial charge in [-0.15, -0.1) is 0 Å². The highest BCUT2D eigenvalue weighted by Gasteiger charge is 2.24. The van der Waals surface area contributed by atoms with Gasteiger partial charge in [0.2, 0.25) is 0 Å². The summed E-state index contributed by atoms with van der Waals surface area (Å²) in [5.74, 6) is 1.79. The van der Waals surface area contributed by atoms with Gasteiger partial charge in [-0.1, -0.05) is 0 Å². The van der Waals surface area contributed by atoms with E-state index in [0.29, 0.717) is 11.4 Å². The molecule has 0 aliphatic carbocycles. The molecule has 2 atom stereocenters. The Morgan fingerprint density at radius 1 is 1.58 bits per heavy atom. The van der Waals surface area contributed by atoms with Crippen LogP contribution < -0.4 is 10.5 Å². The largest absolute Gasteiger partial charge is 0.496 e. The molecule has 0 aromatic heterocycles. The van der Waals surface area contributed by atoms with Gasteiger partial charge in [0.15, 0.2) is 0 Å². The Kier molecular flexibility index (Phi) is 4.71. The van der Waals surface area contributed by atoms with Crippen molar-refractivity contribution in [2.75, 3.05) is 13.7 Å². The van der Waals surface area contributed by atoms with Crippen LogP contribution in [0.3, 0.4) is 0 Å². The van der Waals surface area contributed by atoms with Gasteiger partial charge in [0, 0.05) is 28.7 Å². The van der Waals surface area contributed by atoms with Crippen LogP contribution in [0, 0.1) is 5.41 Å². The molecule has 1 heterocycles. The zero-order chi connectivity index (χ0) is 13.8.